The summed E-state index contributed by atoms with van der Waals surface area (Å²) in [6, 6.07) is 7.75. The van der Waals surface area contributed by atoms with Crippen LogP contribution in [0.4, 0.5) is 0 Å². The molecule has 0 heterocycles. The van der Waals surface area contributed by atoms with Gasteiger partial charge in [0.15, 0.2) is 0 Å². The van der Waals surface area contributed by atoms with Gasteiger partial charge in [-0.3, -0.25) is 4.21 Å². The van der Waals surface area contributed by atoms with Crippen molar-refractivity contribution in [1.82, 2.24) is 0 Å². The third kappa shape index (κ3) is 3.44. The lowest BCUT2D eigenvalue weighted by molar-refractivity contribution is 0.430. The monoisotopic (exact) mass is 246 g/mol. The van der Waals surface area contributed by atoms with Crippen molar-refractivity contribution in [2.24, 2.45) is 5.92 Å². The van der Waals surface area contributed by atoms with Crippen LogP contribution in [0, 0.1) is 17.8 Å². The van der Waals surface area contributed by atoms with Gasteiger partial charge in [-0.05, 0) is 25.0 Å². The van der Waals surface area contributed by atoms with E-state index in [0.29, 0.717) is 5.92 Å². The molecule has 1 aliphatic carbocycles. The van der Waals surface area contributed by atoms with E-state index in [4.69, 9.17) is 0 Å². The van der Waals surface area contributed by atoms with Gasteiger partial charge in [-0.15, -0.1) is 0 Å². The smallest absolute Gasteiger partial charge is 0.0541 e. The summed E-state index contributed by atoms with van der Waals surface area (Å²) in [4.78, 5) is 0.857. The Hall–Kier alpha value is -1.07. The van der Waals surface area contributed by atoms with Gasteiger partial charge in [-0.1, -0.05) is 43.2 Å². The van der Waals surface area contributed by atoms with Gasteiger partial charge in [0.1, 0.15) is 0 Å². The van der Waals surface area contributed by atoms with E-state index in [1.54, 1.807) is 6.26 Å². The highest BCUT2D eigenvalue weighted by Gasteiger charge is 2.10. The van der Waals surface area contributed by atoms with Crippen molar-refractivity contribution in [3.63, 3.8) is 0 Å². The second kappa shape index (κ2) is 6.02. The Balaban J connectivity index is 2.17. The normalized spacial score (nSPS) is 18.2. The Morgan fingerprint density at radius 2 is 1.88 bits per heavy atom. The average Bonchev–Trinajstić information content (AvgIpc) is 2.38. The second-order valence-corrected chi connectivity index (χ2v) is 5.90. The Kier molecular flexibility index (Phi) is 4.39. The van der Waals surface area contributed by atoms with Crippen LogP contribution in [-0.2, 0) is 10.8 Å². The molecule has 17 heavy (non-hydrogen) atoms. The summed E-state index contributed by atoms with van der Waals surface area (Å²) in [5.74, 6) is 7.11. The predicted molar refractivity (Wildman–Crippen MR) is 72.2 cm³/mol. The van der Waals surface area contributed by atoms with Gasteiger partial charge >= 0.3 is 0 Å². The topological polar surface area (TPSA) is 17.1 Å². The fourth-order valence-corrected chi connectivity index (χ4v) is 2.95. The number of rotatable bonds is 1. The number of hydrogen-bond acceptors (Lipinski definition) is 1. The highest BCUT2D eigenvalue weighted by atomic mass is 32.2. The standard InChI is InChI=1S/C15H18OS/c1-17(16)15-10-6-5-9-14(15)12-11-13-7-3-2-4-8-13/h5-6,9-10,13H,2-4,7-8H2,1H3. The van der Waals surface area contributed by atoms with Crippen molar-refractivity contribution in [2.45, 2.75) is 37.0 Å². The Morgan fingerprint density at radius 1 is 1.18 bits per heavy atom. The molecule has 1 atom stereocenters. The fraction of sp³-hybridized carbons (Fsp3) is 0.467. The summed E-state index contributed by atoms with van der Waals surface area (Å²) < 4.78 is 11.6. The minimum atomic E-state index is -0.949. The summed E-state index contributed by atoms with van der Waals surface area (Å²) >= 11 is 0. The van der Waals surface area contributed by atoms with Crippen LogP contribution in [0.3, 0.4) is 0 Å². The molecular formula is C15H18OS. The summed E-state index contributed by atoms with van der Waals surface area (Å²) in [5, 5.41) is 0. The third-order valence-corrected chi connectivity index (χ3v) is 4.19. The lowest BCUT2D eigenvalue weighted by atomic mass is 9.90. The summed E-state index contributed by atoms with van der Waals surface area (Å²) in [7, 11) is -0.949. The zero-order valence-electron chi connectivity index (χ0n) is 10.2. The maximum Gasteiger partial charge on any atom is 0.0541 e. The molecule has 1 aliphatic rings. The highest BCUT2D eigenvalue weighted by Crippen LogP contribution is 2.23. The minimum Gasteiger partial charge on any atom is -0.255 e. The maximum atomic E-state index is 11.6. The van der Waals surface area contributed by atoms with Crippen LogP contribution >= 0.6 is 0 Å². The first-order valence-corrected chi connectivity index (χ1v) is 7.77. The molecule has 2 rings (SSSR count). The molecule has 1 aromatic carbocycles. The van der Waals surface area contributed by atoms with Crippen molar-refractivity contribution >= 4 is 10.8 Å². The van der Waals surface area contributed by atoms with E-state index in [9.17, 15) is 4.21 Å². The molecule has 2 heteroatoms. The Morgan fingerprint density at radius 3 is 2.59 bits per heavy atom. The van der Waals surface area contributed by atoms with Crippen molar-refractivity contribution in [3.05, 3.63) is 29.8 Å². The summed E-state index contributed by atoms with van der Waals surface area (Å²) in [5.41, 5.74) is 0.930. The molecule has 0 spiro atoms. The molecule has 0 amide bonds. The maximum absolute atomic E-state index is 11.6. The van der Waals surface area contributed by atoms with E-state index < -0.39 is 10.8 Å². The zero-order valence-corrected chi connectivity index (χ0v) is 11.1. The van der Waals surface area contributed by atoms with Gasteiger partial charge in [0.05, 0.1) is 15.7 Å². The molecule has 0 radical (unpaired) electrons. The lowest BCUT2D eigenvalue weighted by Gasteiger charge is -2.15. The Labute approximate surface area is 106 Å². The first-order valence-electron chi connectivity index (χ1n) is 6.21. The van der Waals surface area contributed by atoms with Crippen LogP contribution < -0.4 is 0 Å². The molecule has 1 unspecified atom stereocenters. The molecule has 1 nitrogen and oxygen atoms in total. The molecule has 1 fully saturated rings. The number of hydrogen-bond donors (Lipinski definition) is 0. The van der Waals surface area contributed by atoms with Gasteiger partial charge in [0.25, 0.3) is 0 Å². The molecule has 0 aromatic heterocycles. The van der Waals surface area contributed by atoms with Gasteiger partial charge in [-0.25, -0.2) is 0 Å². The predicted octanol–water partition coefficient (Wildman–Crippen LogP) is 3.36. The van der Waals surface area contributed by atoms with Crippen molar-refractivity contribution in [1.29, 1.82) is 0 Å². The van der Waals surface area contributed by atoms with Crippen LogP contribution in [0.5, 0.6) is 0 Å². The van der Waals surface area contributed by atoms with E-state index in [1.807, 2.05) is 24.3 Å². The van der Waals surface area contributed by atoms with Crippen molar-refractivity contribution in [3.8, 4) is 11.8 Å². The zero-order chi connectivity index (χ0) is 12.1. The fourth-order valence-electron chi connectivity index (χ4n) is 2.25. The highest BCUT2D eigenvalue weighted by molar-refractivity contribution is 7.84. The van der Waals surface area contributed by atoms with Crippen molar-refractivity contribution in [2.75, 3.05) is 6.26 Å². The van der Waals surface area contributed by atoms with E-state index in [2.05, 4.69) is 11.8 Å². The van der Waals surface area contributed by atoms with Gasteiger partial charge in [-0.2, -0.15) is 0 Å². The molecule has 1 aromatic rings. The van der Waals surface area contributed by atoms with E-state index in [-0.39, 0.29) is 0 Å². The summed E-state index contributed by atoms with van der Waals surface area (Å²) in [6.07, 6.45) is 8.13. The van der Waals surface area contributed by atoms with Crippen molar-refractivity contribution < 1.29 is 4.21 Å². The average molecular weight is 246 g/mol. The molecule has 0 bridgehead atoms. The molecule has 0 saturated heterocycles. The van der Waals surface area contributed by atoms with E-state index in [0.717, 1.165) is 10.5 Å². The van der Waals surface area contributed by atoms with Crippen LogP contribution in [0.15, 0.2) is 29.2 Å². The molecule has 1 saturated carbocycles. The third-order valence-electron chi connectivity index (χ3n) is 3.21. The van der Waals surface area contributed by atoms with Gasteiger partial charge in [0, 0.05) is 17.7 Å². The van der Waals surface area contributed by atoms with Crippen LogP contribution in [-0.4, -0.2) is 10.5 Å². The lowest BCUT2D eigenvalue weighted by Crippen LogP contribution is -2.03. The van der Waals surface area contributed by atoms with Gasteiger partial charge < -0.3 is 0 Å². The first-order chi connectivity index (χ1) is 8.27. The van der Waals surface area contributed by atoms with E-state index >= 15 is 0 Å². The van der Waals surface area contributed by atoms with Gasteiger partial charge in [0.2, 0.25) is 0 Å². The second-order valence-electron chi connectivity index (χ2n) is 4.55. The summed E-state index contributed by atoms with van der Waals surface area (Å²) in [6.45, 7) is 0. The molecule has 90 valence electrons. The SMILES string of the molecule is CS(=O)c1ccccc1C#CC1CCCCC1. The largest absolute Gasteiger partial charge is 0.255 e. The number of benzene rings is 1. The Bertz CT molecular complexity index is 461. The molecule has 0 N–H and O–H groups in total. The van der Waals surface area contributed by atoms with E-state index in [1.165, 1.54) is 32.1 Å². The van der Waals surface area contributed by atoms with Crippen LogP contribution in [0.1, 0.15) is 37.7 Å². The van der Waals surface area contributed by atoms with Crippen LogP contribution in [0.2, 0.25) is 0 Å². The quantitative estimate of drug-likeness (QED) is 0.694. The first kappa shape index (κ1) is 12.4. The molecule has 0 aliphatic heterocycles. The molecular weight excluding hydrogens is 228 g/mol. The minimum absolute atomic E-state index is 0.544. The van der Waals surface area contributed by atoms with Crippen LogP contribution in [0.25, 0.3) is 0 Å².